The second-order valence-corrected chi connectivity index (χ2v) is 11.9. The summed E-state index contributed by atoms with van der Waals surface area (Å²) >= 11 is 0. The fourth-order valence-corrected chi connectivity index (χ4v) is 5.27. The van der Waals surface area contributed by atoms with E-state index in [4.69, 9.17) is 0 Å². The van der Waals surface area contributed by atoms with E-state index in [1.807, 2.05) is 12.1 Å². The number of halogens is 16. The first-order valence-corrected chi connectivity index (χ1v) is 15.1. The molecule has 282 valence electrons. The topological polar surface area (TPSA) is 35.0 Å². The Kier molecular flexibility index (Phi) is 10.7. The summed E-state index contributed by atoms with van der Waals surface area (Å²) in [5, 5.41) is 0. The van der Waals surface area contributed by atoms with Crippen LogP contribution in [0.4, 0.5) is 70.2 Å². The third-order valence-corrected chi connectivity index (χ3v) is 8.30. The highest BCUT2D eigenvalue weighted by molar-refractivity contribution is 5.66. The van der Waals surface area contributed by atoms with E-state index >= 15 is 13.2 Å². The van der Waals surface area contributed by atoms with Crippen LogP contribution in [0.15, 0.2) is 48.8 Å². The average Bonchev–Trinajstić information content (AvgIpc) is 3.29. The summed E-state index contributed by atoms with van der Waals surface area (Å²) in [6.45, 7) is 2.10. The van der Waals surface area contributed by atoms with Gasteiger partial charge in [-0.25, -0.2) is 14.4 Å². The zero-order valence-electron chi connectivity index (χ0n) is 26.0. The van der Waals surface area contributed by atoms with Gasteiger partial charge in [0.1, 0.15) is 17.1 Å². The second-order valence-electron chi connectivity index (χ2n) is 11.9. The molecule has 2 aromatic carbocycles. The number of benzene rings is 2. The van der Waals surface area contributed by atoms with Gasteiger partial charge in [0, 0.05) is 18.0 Å². The fraction of sp³-hybridized carbons (Fsp3) is 0.500. The van der Waals surface area contributed by atoms with E-state index in [-0.39, 0.29) is 0 Å². The molecule has 51 heavy (non-hydrogen) atoms. The van der Waals surface area contributed by atoms with Gasteiger partial charge in [0.05, 0.1) is 12.0 Å². The highest BCUT2D eigenvalue weighted by Crippen LogP contribution is 2.62. The lowest BCUT2D eigenvalue weighted by Crippen LogP contribution is -2.70. The van der Waals surface area contributed by atoms with Crippen LogP contribution in [0.2, 0.25) is 0 Å². The minimum Gasteiger partial charge on any atom is -0.483 e. The first-order chi connectivity index (χ1) is 23.3. The molecule has 0 saturated heterocycles. The van der Waals surface area contributed by atoms with Crippen molar-refractivity contribution in [1.29, 1.82) is 0 Å². The molecule has 4 rings (SSSR count). The number of aryl methyl sites for hydroxylation is 1. The minimum absolute atomic E-state index is 0.405. The van der Waals surface area contributed by atoms with Gasteiger partial charge in [-0.3, -0.25) is 0 Å². The van der Waals surface area contributed by atoms with Gasteiger partial charge in [-0.2, -0.15) is 65.9 Å². The van der Waals surface area contributed by atoms with Crippen molar-refractivity contribution in [3.8, 4) is 28.3 Å². The van der Waals surface area contributed by atoms with E-state index in [0.29, 0.717) is 23.3 Å². The molecule has 0 amide bonds. The monoisotopic (exact) mass is 758 g/mol. The van der Waals surface area contributed by atoms with Crippen LogP contribution in [-0.2, 0) is 12.3 Å². The Morgan fingerprint density at radius 1 is 0.667 bits per heavy atom. The van der Waals surface area contributed by atoms with Crippen LogP contribution >= 0.6 is 0 Å². The van der Waals surface area contributed by atoms with Crippen LogP contribution < -0.4 is 4.74 Å². The number of fused-ring (bicyclic) bond motifs is 1. The lowest BCUT2D eigenvalue weighted by molar-refractivity contribution is -0.441. The molecular formula is C32H26F16N2O. The Bertz CT molecular complexity index is 1670. The summed E-state index contributed by atoms with van der Waals surface area (Å²) < 4.78 is 226. The summed E-state index contributed by atoms with van der Waals surface area (Å²) in [6, 6.07) is 8.47. The molecule has 2 heterocycles. The van der Waals surface area contributed by atoms with Crippen LogP contribution in [0.25, 0.3) is 22.5 Å². The molecular weight excluding hydrogens is 732 g/mol. The number of hydrogen-bond donors (Lipinski definition) is 0. The maximum atomic E-state index is 15.4. The molecule has 3 nitrogen and oxygen atoms in total. The Morgan fingerprint density at radius 3 is 1.76 bits per heavy atom. The summed E-state index contributed by atoms with van der Waals surface area (Å²) in [5.41, 5.74) is -0.604. The summed E-state index contributed by atoms with van der Waals surface area (Å²) in [7, 11) is 0. The van der Waals surface area contributed by atoms with Crippen LogP contribution in [0.3, 0.4) is 0 Å². The molecule has 0 fully saturated rings. The SMILES string of the molecule is CCCCCCCc1ccc(-c2cnc(-c3ccc4c(c3F)C(F)(F)C(CC(F)(F)C(F)(F)C(F)(F)C(F)(F)C(F)(F)C(F)(F)F)O4)nc2)cc1. The third kappa shape index (κ3) is 6.92. The Labute approximate surface area is 279 Å². The molecule has 1 atom stereocenters. The molecule has 0 bridgehead atoms. The fourth-order valence-electron chi connectivity index (χ4n) is 5.27. The van der Waals surface area contributed by atoms with Crippen molar-refractivity contribution in [2.75, 3.05) is 0 Å². The molecule has 1 aliphatic rings. The van der Waals surface area contributed by atoms with Gasteiger partial charge in [-0.05, 0) is 36.1 Å². The molecule has 0 radical (unpaired) electrons. The summed E-state index contributed by atoms with van der Waals surface area (Å²) in [4.78, 5) is 7.81. The first-order valence-electron chi connectivity index (χ1n) is 15.1. The minimum atomic E-state index is -8.21. The average molecular weight is 759 g/mol. The van der Waals surface area contributed by atoms with Gasteiger partial charge in [0.2, 0.25) is 0 Å². The van der Waals surface area contributed by atoms with Crippen LogP contribution in [-0.4, -0.2) is 51.9 Å². The van der Waals surface area contributed by atoms with Crippen molar-refractivity contribution in [3.05, 3.63) is 65.7 Å². The molecule has 1 aliphatic heterocycles. The molecule has 3 aromatic rings. The normalized spacial score (nSPS) is 17.0. The molecule has 0 spiro atoms. The van der Waals surface area contributed by atoms with Gasteiger partial charge < -0.3 is 4.74 Å². The molecule has 1 unspecified atom stereocenters. The van der Waals surface area contributed by atoms with Crippen LogP contribution in [0.5, 0.6) is 5.75 Å². The molecule has 19 heteroatoms. The van der Waals surface area contributed by atoms with Gasteiger partial charge in [-0.15, -0.1) is 0 Å². The number of unbranched alkanes of at least 4 members (excludes halogenated alkanes) is 4. The quantitative estimate of drug-likeness (QED) is 0.121. The van der Waals surface area contributed by atoms with Crippen molar-refractivity contribution in [2.24, 2.45) is 0 Å². The van der Waals surface area contributed by atoms with Gasteiger partial charge >= 0.3 is 41.7 Å². The predicted molar refractivity (Wildman–Crippen MR) is 149 cm³/mol. The zero-order valence-corrected chi connectivity index (χ0v) is 26.0. The van der Waals surface area contributed by atoms with E-state index in [9.17, 15) is 57.1 Å². The summed E-state index contributed by atoms with van der Waals surface area (Å²) in [6.07, 6.45) is -6.08. The first kappa shape index (κ1) is 40.0. The molecule has 0 N–H and O–H groups in total. The van der Waals surface area contributed by atoms with Crippen molar-refractivity contribution >= 4 is 0 Å². The molecule has 1 aromatic heterocycles. The van der Waals surface area contributed by atoms with Gasteiger partial charge in [0.15, 0.2) is 11.9 Å². The lowest BCUT2D eigenvalue weighted by Gasteiger charge is -2.40. The zero-order chi connectivity index (χ0) is 38.4. The van der Waals surface area contributed by atoms with Crippen molar-refractivity contribution in [1.82, 2.24) is 9.97 Å². The van der Waals surface area contributed by atoms with E-state index in [1.165, 1.54) is 12.4 Å². The van der Waals surface area contributed by atoms with Crippen molar-refractivity contribution in [2.45, 2.75) is 99.7 Å². The van der Waals surface area contributed by atoms with E-state index in [2.05, 4.69) is 21.6 Å². The molecule has 0 saturated carbocycles. The standard InChI is InChI=1S/C32H26F16N2O/c1-2-3-4-5-6-7-17-8-10-18(11-9-17)19-15-49-25(50-16-19)20-12-13-21-23(24(20)33)27(36,37)22(51-21)14-26(34,35)28(38,39)29(40,41)30(42,43)31(44,45)32(46,47)48/h8-13,15-16,22H,2-7,14H2,1H3. The highest BCUT2D eigenvalue weighted by Gasteiger charge is 2.91. The van der Waals surface area contributed by atoms with Crippen molar-refractivity contribution in [3.63, 3.8) is 0 Å². The largest absolute Gasteiger partial charge is 0.483 e. The summed E-state index contributed by atoms with van der Waals surface area (Å²) in [5.74, 6) is -48.0. The number of rotatable bonds is 14. The van der Waals surface area contributed by atoms with E-state index in [1.54, 1.807) is 12.1 Å². The smallest absolute Gasteiger partial charge is 0.460 e. The van der Waals surface area contributed by atoms with Crippen molar-refractivity contribution < 1.29 is 75.0 Å². The van der Waals surface area contributed by atoms with Crippen LogP contribution in [0.1, 0.15) is 56.6 Å². The number of ether oxygens (including phenoxy) is 1. The Balaban J connectivity index is 1.55. The van der Waals surface area contributed by atoms with E-state index < -0.39 is 82.8 Å². The highest BCUT2D eigenvalue weighted by atomic mass is 19.4. The van der Waals surface area contributed by atoms with Crippen LogP contribution in [0, 0.1) is 5.82 Å². The van der Waals surface area contributed by atoms with E-state index in [0.717, 1.165) is 44.1 Å². The number of alkyl halides is 15. The lowest BCUT2D eigenvalue weighted by atomic mass is 9.89. The third-order valence-electron chi connectivity index (χ3n) is 8.30. The predicted octanol–water partition coefficient (Wildman–Crippen LogP) is 11.4. The molecule has 0 aliphatic carbocycles. The number of aromatic nitrogens is 2. The second kappa shape index (κ2) is 13.6. The Morgan fingerprint density at radius 2 is 1.22 bits per heavy atom. The van der Waals surface area contributed by atoms with Gasteiger partial charge in [-0.1, -0.05) is 56.9 Å². The number of hydrogen-bond acceptors (Lipinski definition) is 3. The Hall–Kier alpha value is -3.80. The number of nitrogens with zero attached hydrogens (tertiary/aromatic N) is 2. The van der Waals surface area contributed by atoms with Gasteiger partial charge in [0.25, 0.3) is 0 Å². The maximum Gasteiger partial charge on any atom is 0.460 e. The maximum absolute atomic E-state index is 15.4.